The SMILES string of the molecule is OC[C@H]1O[C@@H](OC[C@H]2O[C@H](O)[C@H](O)[C@@H](O)[C@H]2O)[C@H](O)[C@@H](O)[C@@H]1O. The molecule has 11 nitrogen and oxygen atoms in total. The molecule has 2 saturated heterocycles. The van der Waals surface area contributed by atoms with Gasteiger partial charge in [0.15, 0.2) is 12.6 Å². The molecule has 8 N–H and O–H groups in total. The maximum atomic E-state index is 9.78. The van der Waals surface area contributed by atoms with Crippen LogP contribution >= 0.6 is 0 Å². The third-order valence-electron chi connectivity index (χ3n) is 3.96. The van der Waals surface area contributed by atoms with E-state index in [1.54, 1.807) is 0 Å². The van der Waals surface area contributed by atoms with Crippen molar-refractivity contribution >= 4 is 0 Å². The maximum absolute atomic E-state index is 9.78. The van der Waals surface area contributed by atoms with Crippen molar-refractivity contribution in [1.82, 2.24) is 0 Å². The van der Waals surface area contributed by atoms with Gasteiger partial charge in [0.05, 0.1) is 13.2 Å². The normalized spacial score (nSPS) is 51.7. The zero-order valence-electron chi connectivity index (χ0n) is 12.0. The number of rotatable bonds is 4. The first-order chi connectivity index (χ1) is 10.8. The van der Waals surface area contributed by atoms with Crippen LogP contribution in [0.5, 0.6) is 0 Å². The fraction of sp³-hybridized carbons (Fsp3) is 1.00. The quantitative estimate of drug-likeness (QED) is 0.243. The minimum Gasteiger partial charge on any atom is -0.394 e. The summed E-state index contributed by atoms with van der Waals surface area (Å²) in [4.78, 5) is 0. The van der Waals surface area contributed by atoms with Crippen molar-refractivity contribution in [3.8, 4) is 0 Å². The molecule has 0 saturated carbocycles. The summed E-state index contributed by atoms with van der Waals surface area (Å²) in [7, 11) is 0. The molecule has 10 atom stereocenters. The van der Waals surface area contributed by atoms with Gasteiger partial charge in [-0.25, -0.2) is 0 Å². The topological polar surface area (TPSA) is 190 Å². The highest BCUT2D eigenvalue weighted by Gasteiger charge is 2.46. The van der Waals surface area contributed by atoms with E-state index >= 15 is 0 Å². The van der Waals surface area contributed by atoms with Crippen LogP contribution in [0.25, 0.3) is 0 Å². The van der Waals surface area contributed by atoms with Crippen molar-refractivity contribution in [2.24, 2.45) is 0 Å². The molecule has 11 heteroatoms. The van der Waals surface area contributed by atoms with Crippen molar-refractivity contribution < 1.29 is 55.1 Å². The van der Waals surface area contributed by atoms with E-state index in [0.29, 0.717) is 0 Å². The lowest BCUT2D eigenvalue weighted by Crippen LogP contribution is -2.61. The van der Waals surface area contributed by atoms with Gasteiger partial charge in [0.25, 0.3) is 0 Å². The predicted molar refractivity (Wildman–Crippen MR) is 68.6 cm³/mol. The maximum Gasteiger partial charge on any atom is 0.186 e. The summed E-state index contributed by atoms with van der Waals surface area (Å²) in [6, 6.07) is 0. The Morgan fingerprint density at radius 2 is 1.22 bits per heavy atom. The Morgan fingerprint density at radius 3 is 1.83 bits per heavy atom. The highest BCUT2D eigenvalue weighted by atomic mass is 16.7. The van der Waals surface area contributed by atoms with Crippen molar-refractivity contribution in [1.29, 1.82) is 0 Å². The molecule has 2 heterocycles. The average molecular weight is 342 g/mol. The van der Waals surface area contributed by atoms with Crippen LogP contribution in [0.1, 0.15) is 0 Å². The Kier molecular flexibility index (Phi) is 6.27. The molecular formula is C12H22O11. The number of hydrogen-bond acceptors (Lipinski definition) is 11. The van der Waals surface area contributed by atoms with E-state index in [1.165, 1.54) is 0 Å². The first-order valence-electron chi connectivity index (χ1n) is 7.07. The van der Waals surface area contributed by atoms with E-state index in [9.17, 15) is 35.7 Å². The monoisotopic (exact) mass is 342 g/mol. The molecule has 23 heavy (non-hydrogen) atoms. The highest BCUT2D eigenvalue weighted by molar-refractivity contribution is 4.91. The van der Waals surface area contributed by atoms with Crippen LogP contribution in [0.15, 0.2) is 0 Å². The molecule has 2 fully saturated rings. The third kappa shape index (κ3) is 3.81. The molecule has 0 aromatic rings. The lowest BCUT2D eigenvalue weighted by atomic mass is 9.98. The zero-order chi connectivity index (χ0) is 17.3. The van der Waals surface area contributed by atoms with Gasteiger partial charge in [0.1, 0.15) is 48.8 Å². The van der Waals surface area contributed by atoms with E-state index in [-0.39, 0.29) is 0 Å². The van der Waals surface area contributed by atoms with Crippen LogP contribution in [0.3, 0.4) is 0 Å². The fourth-order valence-electron chi connectivity index (χ4n) is 2.46. The Labute approximate surface area is 130 Å². The van der Waals surface area contributed by atoms with E-state index in [1.807, 2.05) is 0 Å². The minimum absolute atomic E-state index is 0.468. The van der Waals surface area contributed by atoms with E-state index in [0.717, 1.165) is 0 Å². The minimum atomic E-state index is -1.74. The van der Waals surface area contributed by atoms with Gasteiger partial charge in [-0.3, -0.25) is 0 Å². The van der Waals surface area contributed by atoms with Crippen molar-refractivity contribution in [3.63, 3.8) is 0 Å². The summed E-state index contributed by atoms with van der Waals surface area (Å²) in [5.41, 5.74) is 0. The van der Waals surface area contributed by atoms with E-state index in [4.69, 9.17) is 19.3 Å². The average Bonchev–Trinajstić information content (AvgIpc) is 2.54. The second-order valence-electron chi connectivity index (χ2n) is 5.57. The molecule has 0 aromatic carbocycles. The zero-order valence-corrected chi connectivity index (χ0v) is 12.0. The summed E-state index contributed by atoms with van der Waals surface area (Å²) in [5.74, 6) is 0. The van der Waals surface area contributed by atoms with Gasteiger partial charge in [-0.2, -0.15) is 0 Å². The fourth-order valence-corrected chi connectivity index (χ4v) is 2.46. The van der Waals surface area contributed by atoms with E-state index < -0.39 is 74.6 Å². The summed E-state index contributed by atoms with van der Waals surface area (Å²) in [5, 5.41) is 76.1. The predicted octanol–water partition coefficient (Wildman–Crippen LogP) is -5.40. The summed E-state index contributed by atoms with van der Waals surface area (Å²) >= 11 is 0. The van der Waals surface area contributed by atoms with Crippen LogP contribution in [0.2, 0.25) is 0 Å². The molecular weight excluding hydrogens is 320 g/mol. The van der Waals surface area contributed by atoms with Crippen LogP contribution in [0, 0.1) is 0 Å². The summed E-state index contributed by atoms with van der Waals surface area (Å²) < 4.78 is 15.1. The molecule has 2 aliphatic rings. The van der Waals surface area contributed by atoms with E-state index in [2.05, 4.69) is 0 Å². The van der Waals surface area contributed by atoms with Gasteiger partial charge < -0.3 is 55.1 Å². The first-order valence-corrected chi connectivity index (χ1v) is 7.07. The van der Waals surface area contributed by atoms with Gasteiger partial charge in [-0.15, -0.1) is 0 Å². The third-order valence-corrected chi connectivity index (χ3v) is 3.96. The Hall–Kier alpha value is -0.440. The molecule has 136 valence electrons. The lowest BCUT2D eigenvalue weighted by Gasteiger charge is -2.41. The standard InChI is InChI=1S/C12H22O11/c13-1-3-5(14)8(17)10(19)12(23-3)21-2-4-6(15)7(16)9(18)11(20)22-4/h3-20H,1-2H2/t3-,4-,5-,6+,7+,8+,9-,10-,11+,12-/m1/s1. The molecule has 0 aliphatic carbocycles. The van der Waals surface area contributed by atoms with Crippen molar-refractivity contribution in [3.05, 3.63) is 0 Å². The summed E-state index contributed by atoms with van der Waals surface area (Å²) in [6.07, 6.45) is -15.3. The van der Waals surface area contributed by atoms with Gasteiger partial charge in [-0.05, 0) is 0 Å². The second-order valence-corrected chi connectivity index (χ2v) is 5.57. The first kappa shape index (κ1) is 18.9. The Morgan fingerprint density at radius 1 is 0.652 bits per heavy atom. The van der Waals surface area contributed by atoms with Gasteiger partial charge in [0.2, 0.25) is 0 Å². The van der Waals surface area contributed by atoms with Gasteiger partial charge >= 0.3 is 0 Å². The Bertz CT molecular complexity index is 380. The second kappa shape index (κ2) is 7.63. The van der Waals surface area contributed by atoms with Crippen molar-refractivity contribution in [2.45, 2.75) is 61.4 Å². The lowest BCUT2D eigenvalue weighted by molar-refractivity contribution is -0.325. The number of hydrogen-bond donors (Lipinski definition) is 8. The largest absolute Gasteiger partial charge is 0.394 e. The van der Waals surface area contributed by atoms with Gasteiger partial charge in [0, 0.05) is 0 Å². The molecule has 0 bridgehead atoms. The highest BCUT2D eigenvalue weighted by Crippen LogP contribution is 2.24. The smallest absolute Gasteiger partial charge is 0.186 e. The molecule has 0 radical (unpaired) electrons. The van der Waals surface area contributed by atoms with Crippen LogP contribution in [0.4, 0.5) is 0 Å². The molecule has 2 aliphatic heterocycles. The van der Waals surface area contributed by atoms with Crippen LogP contribution in [-0.4, -0.2) is 115 Å². The molecule has 2 rings (SSSR count). The number of ether oxygens (including phenoxy) is 3. The van der Waals surface area contributed by atoms with Gasteiger partial charge in [-0.1, -0.05) is 0 Å². The Balaban J connectivity index is 1.94. The summed E-state index contributed by atoms with van der Waals surface area (Å²) in [6.45, 7) is -1.10. The molecule has 0 aromatic heterocycles. The number of aliphatic hydroxyl groups is 8. The van der Waals surface area contributed by atoms with Crippen LogP contribution < -0.4 is 0 Å². The number of aliphatic hydroxyl groups excluding tert-OH is 8. The van der Waals surface area contributed by atoms with Crippen LogP contribution in [-0.2, 0) is 14.2 Å². The molecule has 0 amide bonds. The molecule has 0 spiro atoms. The molecule has 0 unspecified atom stereocenters. The van der Waals surface area contributed by atoms with Crippen molar-refractivity contribution in [2.75, 3.05) is 13.2 Å².